The molecule has 1 rings (SSSR count). The second-order valence-corrected chi connectivity index (χ2v) is 5.87. The van der Waals surface area contributed by atoms with E-state index in [4.69, 9.17) is 5.73 Å². The van der Waals surface area contributed by atoms with Crippen LogP contribution in [0.1, 0.15) is 26.7 Å². The number of rotatable bonds is 7. The van der Waals surface area contributed by atoms with Crippen molar-refractivity contribution in [2.24, 2.45) is 11.1 Å². The molecule has 0 unspecified atom stereocenters. The van der Waals surface area contributed by atoms with Gasteiger partial charge in [0, 0.05) is 19.6 Å². The second kappa shape index (κ2) is 4.78. The second-order valence-electron chi connectivity index (χ2n) is 4.11. The van der Waals surface area contributed by atoms with Crippen LogP contribution in [0.5, 0.6) is 0 Å². The van der Waals surface area contributed by atoms with Crippen LogP contribution < -0.4 is 10.5 Å². The van der Waals surface area contributed by atoms with E-state index >= 15 is 0 Å². The highest BCUT2D eigenvalue weighted by molar-refractivity contribution is 7.87. The summed E-state index contributed by atoms with van der Waals surface area (Å²) in [4.78, 5) is 0. The van der Waals surface area contributed by atoms with Crippen molar-refractivity contribution in [3.05, 3.63) is 0 Å². The molecule has 0 aromatic rings. The molecule has 1 fully saturated rings. The Morgan fingerprint density at radius 3 is 2.20 bits per heavy atom. The fourth-order valence-electron chi connectivity index (χ4n) is 1.53. The van der Waals surface area contributed by atoms with Gasteiger partial charge >= 0.3 is 0 Å². The van der Waals surface area contributed by atoms with Crippen LogP contribution in [0.2, 0.25) is 0 Å². The van der Waals surface area contributed by atoms with Gasteiger partial charge in [0.15, 0.2) is 0 Å². The van der Waals surface area contributed by atoms with E-state index in [2.05, 4.69) is 4.72 Å². The van der Waals surface area contributed by atoms with Gasteiger partial charge in [-0.25, -0.2) is 4.72 Å². The molecule has 0 saturated heterocycles. The Kier molecular flexibility index (Phi) is 4.11. The minimum atomic E-state index is -3.30. The summed E-state index contributed by atoms with van der Waals surface area (Å²) >= 11 is 0. The Balaban J connectivity index is 2.49. The minimum Gasteiger partial charge on any atom is -0.330 e. The minimum absolute atomic E-state index is 0.0419. The van der Waals surface area contributed by atoms with Crippen molar-refractivity contribution < 1.29 is 8.42 Å². The van der Waals surface area contributed by atoms with Crippen LogP contribution in [0.25, 0.3) is 0 Å². The molecule has 0 aliphatic heterocycles. The average Bonchev–Trinajstić information content (AvgIpc) is 2.97. The SMILES string of the molecule is CCN(CC)S(=O)(=O)NCC1(CN)CC1. The van der Waals surface area contributed by atoms with Crippen molar-refractivity contribution >= 4 is 10.2 Å². The molecule has 0 aromatic heterocycles. The first-order valence-electron chi connectivity index (χ1n) is 5.44. The highest BCUT2D eigenvalue weighted by atomic mass is 32.2. The standard InChI is InChI=1S/C9H21N3O2S/c1-3-12(4-2)15(13,14)11-8-9(7-10)5-6-9/h11H,3-8,10H2,1-2H3. The van der Waals surface area contributed by atoms with Crippen molar-refractivity contribution in [1.82, 2.24) is 9.03 Å². The molecule has 0 atom stereocenters. The Bertz CT molecular complexity index is 294. The van der Waals surface area contributed by atoms with Gasteiger partial charge in [0.25, 0.3) is 10.2 Å². The van der Waals surface area contributed by atoms with E-state index < -0.39 is 10.2 Å². The van der Waals surface area contributed by atoms with Gasteiger partial charge in [-0.1, -0.05) is 13.8 Å². The Morgan fingerprint density at radius 1 is 1.33 bits per heavy atom. The van der Waals surface area contributed by atoms with Gasteiger partial charge in [-0.3, -0.25) is 0 Å². The van der Waals surface area contributed by atoms with Crippen LogP contribution in [0.3, 0.4) is 0 Å². The van der Waals surface area contributed by atoms with Crippen molar-refractivity contribution in [3.8, 4) is 0 Å². The topological polar surface area (TPSA) is 75.4 Å². The normalized spacial score (nSPS) is 19.5. The van der Waals surface area contributed by atoms with Crippen LogP contribution in [0, 0.1) is 5.41 Å². The van der Waals surface area contributed by atoms with Crippen LogP contribution >= 0.6 is 0 Å². The van der Waals surface area contributed by atoms with Crippen LogP contribution in [-0.4, -0.2) is 38.9 Å². The van der Waals surface area contributed by atoms with E-state index in [0.29, 0.717) is 26.2 Å². The molecular formula is C9H21N3O2S. The smallest absolute Gasteiger partial charge is 0.279 e. The van der Waals surface area contributed by atoms with E-state index in [1.165, 1.54) is 4.31 Å². The zero-order valence-electron chi connectivity index (χ0n) is 9.49. The Morgan fingerprint density at radius 2 is 1.87 bits per heavy atom. The first kappa shape index (κ1) is 12.9. The number of nitrogens with one attached hydrogen (secondary N) is 1. The monoisotopic (exact) mass is 235 g/mol. The number of nitrogens with zero attached hydrogens (tertiary/aromatic N) is 1. The summed E-state index contributed by atoms with van der Waals surface area (Å²) in [7, 11) is -3.30. The number of hydrogen-bond acceptors (Lipinski definition) is 3. The molecular weight excluding hydrogens is 214 g/mol. The molecule has 0 heterocycles. The lowest BCUT2D eigenvalue weighted by molar-refractivity contribution is 0.422. The predicted octanol–water partition coefficient (Wildman–Crippen LogP) is -0.0985. The highest BCUT2D eigenvalue weighted by Gasteiger charge is 2.42. The quantitative estimate of drug-likeness (QED) is 0.647. The first-order chi connectivity index (χ1) is 6.99. The molecule has 15 heavy (non-hydrogen) atoms. The molecule has 6 heteroatoms. The van der Waals surface area contributed by atoms with Crippen LogP contribution in [-0.2, 0) is 10.2 Å². The lowest BCUT2D eigenvalue weighted by Gasteiger charge is -2.21. The third-order valence-electron chi connectivity index (χ3n) is 3.07. The van der Waals surface area contributed by atoms with Gasteiger partial charge in [0.2, 0.25) is 0 Å². The molecule has 0 amide bonds. The zero-order chi connectivity index (χ0) is 11.5. The fourth-order valence-corrected chi connectivity index (χ4v) is 2.88. The third-order valence-corrected chi connectivity index (χ3v) is 4.77. The Labute approximate surface area is 92.2 Å². The molecule has 1 aliphatic carbocycles. The van der Waals surface area contributed by atoms with Crippen LogP contribution in [0.4, 0.5) is 0 Å². The Hall–Kier alpha value is -0.170. The van der Waals surface area contributed by atoms with Gasteiger partial charge in [-0.05, 0) is 24.8 Å². The van der Waals surface area contributed by atoms with E-state index in [0.717, 1.165) is 12.8 Å². The summed E-state index contributed by atoms with van der Waals surface area (Å²) in [6.07, 6.45) is 2.06. The van der Waals surface area contributed by atoms with Crippen molar-refractivity contribution in [1.29, 1.82) is 0 Å². The van der Waals surface area contributed by atoms with E-state index in [9.17, 15) is 8.42 Å². The van der Waals surface area contributed by atoms with Crippen molar-refractivity contribution in [2.75, 3.05) is 26.2 Å². The summed E-state index contributed by atoms with van der Waals surface area (Å²) in [6, 6.07) is 0. The zero-order valence-corrected chi connectivity index (χ0v) is 10.3. The maximum absolute atomic E-state index is 11.8. The number of nitrogens with two attached hydrogens (primary N) is 1. The summed E-state index contributed by atoms with van der Waals surface area (Å²) in [5.41, 5.74) is 5.63. The average molecular weight is 235 g/mol. The first-order valence-corrected chi connectivity index (χ1v) is 6.88. The fraction of sp³-hybridized carbons (Fsp3) is 1.00. The molecule has 1 aliphatic rings. The van der Waals surface area contributed by atoms with E-state index in [-0.39, 0.29) is 5.41 Å². The summed E-state index contributed by atoms with van der Waals surface area (Å²) in [6.45, 7) is 5.70. The maximum atomic E-state index is 11.8. The van der Waals surface area contributed by atoms with Crippen molar-refractivity contribution in [3.63, 3.8) is 0 Å². The van der Waals surface area contributed by atoms with Gasteiger partial charge in [-0.2, -0.15) is 12.7 Å². The van der Waals surface area contributed by atoms with Gasteiger partial charge in [-0.15, -0.1) is 0 Å². The largest absolute Gasteiger partial charge is 0.330 e. The van der Waals surface area contributed by atoms with Gasteiger partial charge in [0.05, 0.1) is 0 Å². The van der Waals surface area contributed by atoms with E-state index in [1.54, 1.807) is 0 Å². The van der Waals surface area contributed by atoms with E-state index in [1.807, 2.05) is 13.8 Å². The molecule has 5 nitrogen and oxygen atoms in total. The summed E-state index contributed by atoms with van der Waals surface area (Å²) < 4.78 is 27.6. The molecule has 0 aromatic carbocycles. The van der Waals surface area contributed by atoms with Crippen molar-refractivity contribution in [2.45, 2.75) is 26.7 Å². The molecule has 0 radical (unpaired) electrons. The van der Waals surface area contributed by atoms with Gasteiger partial charge in [0.1, 0.15) is 0 Å². The highest BCUT2D eigenvalue weighted by Crippen LogP contribution is 2.43. The summed E-state index contributed by atoms with van der Waals surface area (Å²) in [5.74, 6) is 0. The molecule has 1 saturated carbocycles. The number of hydrogen-bond donors (Lipinski definition) is 2. The molecule has 0 spiro atoms. The summed E-state index contributed by atoms with van der Waals surface area (Å²) in [5, 5.41) is 0. The molecule has 3 N–H and O–H groups in total. The lowest BCUT2D eigenvalue weighted by atomic mass is 10.1. The molecule has 0 bridgehead atoms. The van der Waals surface area contributed by atoms with Crippen LogP contribution in [0.15, 0.2) is 0 Å². The molecule has 90 valence electrons. The van der Waals surface area contributed by atoms with Gasteiger partial charge < -0.3 is 5.73 Å². The predicted molar refractivity (Wildman–Crippen MR) is 60.6 cm³/mol. The maximum Gasteiger partial charge on any atom is 0.279 e. The third kappa shape index (κ3) is 3.14. The lowest BCUT2D eigenvalue weighted by Crippen LogP contribution is -2.43.